The predicted molar refractivity (Wildman–Crippen MR) is 46.0 cm³/mol. The van der Waals surface area contributed by atoms with Crippen LogP contribution in [0.1, 0.15) is 51.9 Å². The number of unbranched alkanes of at least 4 members (excludes halogenated alkanes) is 1. The van der Waals surface area contributed by atoms with Crippen molar-refractivity contribution < 1.29 is 0 Å². The van der Waals surface area contributed by atoms with Crippen molar-refractivity contribution in [3.8, 4) is 6.07 Å². The van der Waals surface area contributed by atoms with Crippen molar-refractivity contribution in [1.29, 1.82) is 5.26 Å². The molecule has 11 heavy (non-hydrogen) atoms. The van der Waals surface area contributed by atoms with Gasteiger partial charge < -0.3 is 0 Å². The largest absolute Gasteiger partial charge is 0.198 e. The van der Waals surface area contributed by atoms with Crippen molar-refractivity contribution in [3.63, 3.8) is 0 Å². The Kier molecular flexibility index (Phi) is 2.93. The fourth-order valence-corrected chi connectivity index (χ4v) is 1.98. The van der Waals surface area contributed by atoms with Crippen LogP contribution in [0.3, 0.4) is 0 Å². The summed E-state index contributed by atoms with van der Waals surface area (Å²) in [6, 6.07) is 2.51. The lowest BCUT2D eigenvalue weighted by molar-refractivity contribution is 0.363. The Morgan fingerprint density at radius 2 is 2.00 bits per heavy atom. The van der Waals surface area contributed by atoms with E-state index in [4.69, 9.17) is 5.26 Å². The molecule has 0 aromatic carbocycles. The van der Waals surface area contributed by atoms with Crippen LogP contribution < -0.4 is 0 Å². The molecule has 1 rings (SSSR count). The summed E-state index contributed by atoms with van der Waals surface area (Å²) in [6.07, 6.45) is 8.46. The summed E-state index contributed by atoms with van der Waals surface area (Å²) in [4.78, 5) is 0. The van der Waals surface area contributed by atoms with Gasteiger partial charge in [-0.05, 0) is 19.3 Å². The molecule has 0 atom stereocenters. The first-order valence-corrected chi connectivity index (χ1v) is 4.74. The summed E-state index contributed by atoms with van der Waals surface area (Å²) < 4.78 is 0. The molecule has 1 saturated carbocycles. The van der Waals surface area contributed by atoms with E-state index in [1.165, 1.54) is 25.7 Å². The Labute approximate surface area is 69.4 Å². The minimum absolute atomic E-state index is 0.0933. The van der Waals surface area contributed by atoms with Gasteiger partial charge in [0.1, 0.15) is 0 Å². The normalized spacial score (nSPS) is 21.5. The standard InChI is InChI=1S/C10H17N/c1-2-3-6-10(9-11)7-4-5-8-10/h2-8H2,1H3. The first-order chi connectivity index (χ1) is 5.33. The maximum Gasteiger partial charge on any atom is 0.0689 e. The van der Waals surface area contributed by atoms with Crippen LogP contribution in [0.25, 0.3) is 0 Å². The molecule has 0 spiro atoms. The molecule has 62 valence electrons. The lowest BCUT2D eigenvalue weighted by atomic mass is 9.83. The number of nitriles is 1. The van der Waals surface area contributed by atoms with E-state index in [0.29, 0.717) is 0 Å². The molecule has 0 aromatic heterocycles. The summed E-state index contributed by atoms with van der Waals surface area (Å²) in [7, 11) is 0. The minimum atomic E-state index is 0.0933. The highest BCUT2D eigenvalue weighted by molar-refractivity contribution is 5.01. The fourth-order valence-electron chi connectivity index (χ4n) is 1.98. The topological polar surface area (TPSA) is 23.8 Å². The third-order valence-electron chi connectivity index (χ3n) is 2.81. The number of nitrogens with zero attached hydrogens (tertiary/aromatic N) is 1. The molecule has 1 fully saturated rings. The number of rotatable bonds is 3. The van der Waals surface area contributed by atoms with Gasteiger partial charge in [-0.25, -0.2) is 0 Å². The summed E-state index contributed by atoms with van der Waals surface area (Å²) in [5, 5.41) is 8.99. The lowest BCUT2D eigenvalue weighted by Gasteiger charge is -2.18. The van der Waals surface area contributed by atoms with Crippen molar-refractivity contribution in [2.75, 3.05) is 0 Å². The molecule has 0 heterocycles. The Hall–Kier alpha value is -0.510. The molecule has 0 aromatic rings. The molecule has 0 radical (unpaired) electrons. The maximum absolute atomic E-state index is 8.99. The second kappa shape index (κ2) is 3.76. The summed E-state index contributed by atoms with van der Waals surface area (Å²) in [6.45, 7) is 2.19. The van der Waals surface area contributed by atoms with Crippen LogP contribution in [0.2, 0.25) is 0 Å². The van der Waals surface area contributed by atoms with E-state index in [1.807, 2.05) is 0 Å². The van der Waals surface area contributed by atoms with Gasteiger partial charge >= 0.3 is 0 Å². The Morgan fingerprint density at radius 1 is 1.36 bits per heavy atom. The smallest absolute Gasteiger partial charge is 0.0689 e. The Morgan fingerprint density at radius 3 is 2.45 bits per heavy atom. The fraction of sp³-hybridized carbons (Fsp3) is 0.900. The van der Waals surface area contributed by atoms with Crippen LogP contribution in [0.15, 0.2) is 0 Å². The summed E-state index contributed by atoms with van der Waals surface area (Å²) in [5.41, 5.74) is 0.0933. The Balaban J connectivity index is 2.41. The minimum Gasteiger partial charge on any atom is -0.198 e. The molecule has 0 unspecified atom stereocenters. The maximum atomic E-state index is 8.99. The second-order valence-electron chi connectivity index (χ2n) is 3.70. The zero-order chi connectivity index (χ0) is 8.16. The lowest BCUT2D eigenvalue weighted by Crippen LogP contribution is -2.12. The van der Waals surface area contributed by atoms with Crippen LogP contribution in [0.4, 0.5) is 0 Å². The number of hydrogen-bond donors (Lipinski definition) is 0. The molecule has 0 N–H and O–H groups in total. The summed E-state index contributed by atoms with van der Waals surface area (Å²) >= 11 is 0. The van der Waals surface area contributed by atoms with E-state index in [1.54, 1.807) is 0 Å². The predicted octanol–water partition coefficient (Wildman–Crippen LogP) is 3.26. The average Bonchev–Trinajstić information content (AvgIpc) is 2.50. The van der Waals surface area contributed by atoms with E-state index in [0.717, 1.165) is 19.3 Å². The molecule has 0 bridgehead atoms. The second-order valence-corrected chi connectivity index (χ2v) is 3.70. The quantitative estimate of drug-likeness (QED) is 0.607. The highest BCUT2D eigenvalue weighted by Gasteiger charge is 2.32. The third kappa shape index (κ3) is 1.96. The van der Waals surface area contributed by atoms with Crippen molar-refractivity contribution in [2.45, 2.75) is 51.9 Å². The van der Waals surface area contributed by atoms with Gasteiger partial charge in [-0.2, -0.15) is 5.26 Å². The van der Waals surface area contributed by atoms with Gasteiger partial charge in [-0.1, -0.05) is 32.6 Å². The molecular formula is C10H17N. The van der Waals surface area contributed by atoms with Gasteiger partial charge in [0.15, 0.2) is 0 Å². The SMILES string of the molecule is CCCCC1(C#N)CCCC1. The average molecular weight is 151 g/mol. The molecular weight excluding hydrogens is 134 g/mol. The summed E-state index contributed by atoms with van der Waals surface area (Å²) in [5.74, 6) is 0. The van der Waals surface area contributed by atoms with Gasteiger partial charge in [-0.3, -0.25) is 0 Å². The molecule has 1 aliphatic carbocycles. The van der Waals surface area contributed by atoms with Crippen molar-refractivity contribution in [2.24, 2.45) is 5.41 Å². The van der Waals surface area contributed by atoms with E-state index in [9.17, 15) is 0 Å². The van der Waals surface area contributed by atoms with E-state index in [2.05, 4.69) is 13.0 Å². The highest BCUT2D eigenvalue weighted by Crippen LogP contribution is 2.41. The van der Waals surface area contributed by atoms with Crippen LogP contribution in [-0.2, 0) is 0 Å². The van der Waals surface area contributed by atoms with Crippen molar-refractivity contribution >= 4 is 0 Å². The molecule has 0 saturated heterocycles. The molecule has 1 aliphatic rings. The van der Waals surface area contributed by atoms with Gasteiger partial charge in [0, 0.05) is 0 Å². The molecule has 0 amide bonds. The van der Waals surface area contributed by atoms with E-state index >= 15 is 0 Å². The third-order valence-corrected chi connectivity index (χ3v) is 2.81. The van der Waals surface area contributed by atoms with Gasteiger partial charge in [0.25, 0.3) is 0 Å². The monoisotopic (exact) mass is 151 g/mol. The van der Waals surface area contributed by atoms with Crippen LogP contribution >= 0.6 is 0 Å². The first kappa shape index (κ1) is 8.59. The van der Waals surface area contributed by atoms with Crippen molar-refractivity contribution in [1.82, 2.24) is 0 Å². The van der Waals surface area contributed by atoms with Gasteiger partial charge in [-0.15, -0.1) is 0 Å². The van der Waals surface area contributed by atoms with Crippen LogP contribution in [0, 0.1) is 16.7 Å². The first-order valence-electron chi connectivity index (χ1n) is 4.74. The van der Waals surface area contributed by atoms with E-state index in [-0.39, 0.29) is 5.41 Å². The Bertz CT molecular complexity index is 149. The molecule has 0 aliphatic heterocycles. The number of hydrogen-bond acceptors (Lipinski definition) is 1. The van der Waals surface area contributed by atoms with E-state index < -0.39 is 0 Å². The van der Waals surface area contributed by atoms with Crippen molar-refractivity contribution in [3.05, 3.63) is 0 Å². The zero-order valence-electron chi connectivity index (χ0n) is 7.40. The molecule has 1 nitrogen and oxygen atoms in total. The van der Waals surface area contributed by atoms with Crippen LogP contribution in [-0.4, -0.2) is 0 Å². The molecule has 1 heteroatoms. The zero-order valence-corrected chi connectivity index (χ0v) is 7.40. The van der Waals surface area contributed by atoms with Gasteiger partial charge in [0.2, 0.25) is 0 Å². The van der Waals surface area contributed by atoms with Gasteiger partial charge in [0.05, 0.1) is 11.5 Å². The highest BCUT2D eigenvalue weighted by atomic mass is 14.4. The van der Waals surface area contributed by atoms with Crippen LogP contribution in [0.5, 0.6) is 0 Å².